The Morgan fingerprint density at radius 3 is 2.61 bits per heavy atom. The van der Waals surface area contributed by atoms with Crippen LogP contribution in [0, 0.1) is 0 Å². The third-order valence-electron chi connectivity index (χ3n) is 3.74. The molecule has 0 bridgehead atoms. The number of benzene rings is 2. The number of hydrogen-bond acceptors (Lipinski definition) is 4. The van der Waals surface area contributed by atoms with E-state index in [-0.39, 0.29) is 12.4 Å². The molecule has 0 aliphatic heterocycles. The van der Waals surface area contributed by atoms with Crippen LogP contribution in [-0.2, 0) is 4.79 Å². The summed E-state index contributed by atoms with van der Waals surface area (Å²) in [6, 6.07) is 12.8. The molecular weight excluding hydrogens is 368 g/mol. The normalized spacial score (nSPS) is 10.5. The van der Waals surface area contributed by atoms with E-state index in [2.05, 4.69) is 21.6 Å². The van der Waals surface area contributed by atoms with Gasteiger partial charge in [-0.1, -0.05) is 18.7 Å². The number of carbonyl (C=O) groups excluding carboxylic acids is 1. The number of carbonyl (C=O) groups is 1. The molecule has 8 heteroatoms. The second kappa shape index (κ2) is 8.81. The van der Waals surface area contributed by atoms with Gasteiger partial charge in [-0.15, -0.1) is 0 Å². The van der Waals surface area contributed by atoms with Crippen LogP contribution in [0.15, 0.2) is 73.8 Å². The summed E-state index contributed by atoms with van der Waals surface area (Å²) in [7, 11) is 0. The summed E-state index contributed by atoms with van der Waals surface area (Å²) in [4.78, 5) is 16.1. The molecule has 0 unspecified atom stereocenters. The maximum atomic E-state index is 12.2. The summed E-state index contributed by atoms with van der Waals surface area (Å²) in [6.45, 7) is 0.899. The van der Waals surface area contributed by atoms with E-state index in [9.17, 15) is 13.6 Å². The fourth-order valence-corrected chi connectivity index (χ4v) is 2.45. The van der Waals surface area contributed by atoms with Crippen LogP contribution < -0.4 is 14.8 Å². The number of anilines is 1. The minimum Gasteiger partial charge on any atom is -0.483 e. The average Bonchev–Trinajstić information content (AvgIpc) is 3.22. The molecular formula is C20H17F2N3O3. The molecule has 1 amide bonds. The Morgan fingerprint density at radius 2 is 1.93 bits per heavy atom. The zero-order valence-corrected chi connectivity index (χ0v) is 14.7. The fourth-order valence-electron chi connectivity index (χ4n) is 2.45. The molecule has 3 rings (SSSR count). The second-order valence-electron chi connectivity index (χ2n) is 5.65. The van der Waals surface area contributed by atoms with Gasteiger partial charge in [-0.2, -0.15) is 8.78 Å². The number of ether oxygens (including phenoxy) is 2. The van der Waals surface area contributed by atoms with Crippen LogP contribution in [-0.4, -0.2) is 28.7 Å². The summed E-state index contributed by atoms with van der Waals surface area (Å²) < 4.78 is 35.9. The van der Waals surface area contributed by atoms with Gasteiger partial charge < -0.3 is 19.4 Å². The number of hydrogen-bond donors (Lipinski definition) is 1. The number of nitrogens with one attached hydrogen (secondary N) is 1. The highest BCUT2D eigenvalue weighted by Gasteiger charge is 2.11. The lowest BCUT2D eigenvalue weighted by Crippen LogP contribution is -2.20. The van der Waals surface area contributed by atoms with Crippen molar-refractivity contribution in [1.82, 2.24) is 9.55 Å². The zero-order valence-electron chi connectivity index (χ0n) is 14.7. The van der Waals surface area contributed by atoms with E-state index >= 15 is 0 Å². The molecule has 0 radical (unpaired) electrons. The number of nitrogens with zero attached hydrogens (tertiary/aromatic N) is 2. The van der Waals surface area contributed by atoms with Crippen LogP contribution in [0.2, 0.25) is 0 Å². The molecule has 0 aliphatic carbocycles. The van der Waals surface area contributed by atoms with Crippen molar-refractivity contribution in [3.05, 3.63) is 79.4 Å². The van der Waals surface area contributed by atoms with Crippen molar-refractivity contribution >= 4 is 17.3 Å². The van der Waals surface area contributed by atoms with Crippen LogP contribution in [0.5, 0.6) is 11.5 Å². The van der Waals surface area contributed by atoms with Crippen LogP contribution in [0.3, 0.4) is 0 Å². The van der Waals surface area contributed by atoms with E-state index in [1.165, 1.54) is 24.3 Å². The van der Waals surface area contributed by atoms with Gasteiger partial charge in [-0.3, -0.25) is 4.79 Å². The molecule has 28 heavy (non-hydrogen) atoms. The van der Waals surface area contributed by atoms with Gasteiger partial charge in [-0.05, 0) is 36.4 Å². The SMILES string of the molecule is C=C(c1ccccc1OCC(=O)Nc1ccc(OC(F)F)cc1)n1ccnc1. The van der Waals surface area contributed by atoms with Crippen molar-refractivity contribution < 1.29 is 23.0 Å². The molecule has 0 aliphatic rings. The largest absolute Gasteiger partial charge is 0.483 e. The molecule has 3 aromatic rings. The van der Waals surface area contributed by atoms with E-state index in [1.807, 2.05) is 12.1 Å². The van der Waals surface area contributed by atoms with Gasteiger partial charge in [0.2, 0.25) is 0 Å². The molecule has 0 saturated heterocycles. The monoisotopic (exact) mass is 385 g/mol. The minimum atomic E-state index is -2.90. The van der Waals surface area contributed by atoms with Gasteiger partial charge in [0, 0.05) is 23.6 Å². The molecule has 144 valence electrons. The predicted octanol–water partition coefficient (Wildman–Crippen LogP) is 4.02. The Bertz CT molecular complexity index is 942. The smallest absolute Gasteiger partial charge is 0.387 e. The first-order valence-corrected chi connectivity index (χ1v) is 8.27. The lowest BCUT2D eigenvalue weighted by Gasteiger charge is -2.14. The van der Waals surface area contributed by atoms with Crippen LogP contribution in [0.1, 0.15) is 5.56 Å². The molecule has 0 fully saturated rings. The zero-order chi connectivity index (χ0) is 19.9. The summed E-state index contributed by atoms with van der Waals surface area (Å²) in [5.41, 5.74) is 1.82. The van der Waals surface area contributed by atoms with Crippen molar-refractivity contribution in [1.29, 1.82) is 0 Å². The fraction of sp³-hybridized carbons (Fsp3) is 0.100. The van der Waals surface area contributed by atoms with Gasteiger partial charge in [0.05, 0.1) is 12.0 Å². The van der Waals surface area contributed by atoms with Crippen molar-refractivity contribution in [3.8, 4) is 11.5 Å². The molecule has 0 saturated carbocycles. The highest BCUT2D eigenvalue weighted by Crippen LogP contribution is 2.26. The quantitative estimate of drug-likeness (QED) is 0.636. The Hall–Kier alpha value is -3.68. The molecule has 2 aromatic carbocycles. The van der Waals surface area contributed by atoms with E-state index in [0.29, 0.717) is 17.1 Å². The van der Waals surface area contributed by atoms with Crippen molar-refractivity contribution in [2.24, 2.45) is 0 Å². The highest BCUT2D eigenvalue weighted by atomic mass is 19.3. The third-order valence-corrected chi connectivity index (χ3v) is 3.74. The first-order chi connectivity index (χ1) is 13.5. The number of rotatable bonds is 8. The molecule has 0 spiro atoms. The molecule has 1 aromatic heterocycles. The number of aromatic nitrogens is 2. The Kier molecular flexibility index (Phi) is 6.01. The summed E-state index contributed by atoms with van der Waals surface area (Å²) in [5, 5.41) is 2.62. The summed E-state index contributed by atoms with van der Waals surface area (Å²) in [5.74, 6) is 0.110. The first-order valence-electron chi connectivity index (χ1n) is 8.27. The van der Waals surface area contributed by atoms with Crippen LogP contribution in [0.25, 0.3) is 5.70 Å². The molecule has 0 atom stereocenters. The lowest BCUT2D eigenvalue weighted by molar-refractivity contribution is -0.118. The lowest BCUT2D eigenvalue weighted by atomic mass is 10.1. The van der Waals surface area contributed by atoms with Gasteiger partial charge >= 0.3 is 6.61 Å². The standard InChI is InChI=1S/C20H17F2N3O3/c1-14(25-11-10-23-13-25)17-4-2-3-5-18(17)27-12-19(26)24-15-6-8-16(9-7-15)28-20(21)22/h2-11,13,20H,1,12H2,(H,24,26). The van der Waals surface area contributed by atoms with E-state index in [4.69, 9.17) is 4.74 Å². The maximum absolute atomic E-state index is 12.2. The number of para-hydroxylation sites is 1. The van der Waals surface area contributed by atoms with Gasteiger partial charge in [-0.25, -0.2) is 4.98 Å². The third kappa shape index (κ3) is 4.94. The van der Waals surface area contributed by atoms with Crippen molar-refractivity contribution in [2.75, 3.05) is 11.9 Å². The average molecular weight is 385 g/mol. The van der Waals surface area contributed by atoms with Gasteiger partial charge in [0.15, 0.2) is 6.61 Å². The number of imidazole rings is 1. The summed E-state index contributed by atoms with van der Waals surface area (Å²) >= 11 is 0. The van der Waals surface area contributed by atoms with Crippen LogP contribution >= 0.6 is 0 Å². The van der Waals surface area contributed by atoms with E-state index in [0.717, 1.165) is 5.56 Å². The van der Waals surface area contributed by atoms with Crippen molar-refractivity contribution in [2.45, 2.75) is 6.61 Å². The number of alkyl halides is 2. The Balaban J connectivity index is 1.60. The van der Waals surface area contributed by atoms with Crippen LogP contribution in [0.4, 0.5) is 14.5 Å². The predicted molar refractivity (Wildman–Crippen MR) is 100 cm³/mol. The molecule has 6 nitrogen and oxygen atoms in total. The molecule has 1 N–H and O–H groups in total. The first kappa shape index (κ1) is 19.1. The highest BCUT2D eigenvalue weighted by molar-refractivity contribution is 5.92. The molecule has 1 heterocycles. The number of halogens is 2. The maximum Gasteiger partial charge on any atom is 0.387 e. The van der Waals surface area contributed by atoms with Gasteiger partial charge in [0.1, 0.15) is 11.5 Å². The van der Waals surface area contributed by atoms with E-state index in [1.54, 1.807) is 35.4 Å². The summed E-state index contributed by atoms with van der Waals surface area (Å²) in [6.07, 6.45) is 5.01. The Morgan fingerprint density at radius 1 is 1.18 bits per heavy atom. The van der Waals surface area contributed by atoms with Crippen molar-refractivity contribution in [3.63, 3.8) is 0 Å². The van der Waals surface area contributed by atoms with Gasteiger partial charge in [0.25, 0.3) is 5.91 Å². The minimum absolute atomic E-state index is 0.0104. The topological polar surface area (TPSA) is 65.4 Å². The van der Waals surface area contributed by atoms with E-state index < -0.39 is 12.5 Å². The Labute approximate surface area is 160 Å². The second-order valence-corrected chi connectivity index (χ2v) is 5.65. The number of amides is 1.